The second-order valence-electron chi connectivity index (χ2n) is 11.7. The number of aryl methyl sites for hydroxylation is 6. The number of benzene rings is 3. The minimum Gasteiger partial charge on any atom is -0.388 e. The minimum absolute atomic E-state index is 0.000570. The molecule has 0 saturated carbocycles. The second kappa shape index (κ2) is 11.8. The average molecular weight is 519 g/mol. The highest BCUT2D eigenvalue weighted by atomic mass is 14.9. The molecule has 0 bridgehead atoms. The van der Waals surface area contributed by atoms with Gasteiger partial charge < -0.3 is 5.32 Å². The quantitative estimate of drug-likeness (QED) is 0.345. The van der Waals surface area contributed by atoms with Gasteiger partial charge in [0.1, 0.15) is 0 Å². The molecule has 1 atom stereocenters. The molecule has 0 radical (unpaired) electrons. The van der Waals surface area contributed by atoms with E-state index >= 15 is 0 Å². The summed E-state index contributed by atoms with van der Waals surface area (Å²) in [5.41, 5.74) is 15.5. The number of nitrogens with zero attached hydrogens (tertiary/aromatic N) is 1. The van der Waals surface area contributed by atoms with E-state index < -0.39 is 0 Å². The Kier molecular flexibility index (Phi) is 8.64. The third kappa shape index (κ3) is 5.81. The second-order valence-corrected chi connectivity index (χ2v) is 11.7. The summed E-state index contributed by atoms with van der Waals surface area (Å²) >= 11 is 0. The van der Waals surface area contributed by atoms with Gasteiger partial charge >= 0.3 is 0 Å². The van der Waals surface area contributed by atoms with Crippen molar-refractivity contribution in [3.63, 3.8) is 0 Å². The number of hydrogen-bond donors (Lipinski definition) is 1. The van der Waals surface area contributed by atoms with Gasteiger partial charge in [-0.3, -0.25) is 0 Å². The molecule has 0 fully saturated rings. The molecular formula is C37H46N2. The summed E-state index contributed by atoms with van der Waals surface area (Å²) in [6, 6.07) is 17.9. The lowest BCUT2D eigenvalue weighted by atomic mass is 9.69. The monoisotopic (exact) mass is 518 g/mol. The molecule has 39 heavy (non-hydrogen) atoms. The summed E-state index contributed by atoms with van der Waals surface area (Å²) < 4.78 is 0. The maximum Gasteiger partial charge on any atom is 0.0871 e. The molecule has 2 heteroatoms. The van der Waals surface area contributed by atoms with Crippen molar-refractivity contribution < 1.29 is 0 Å². The van der Waals surface area contributed by atoms with Gasteiger partial charge in [-0.15, -0.1) is 0 Å². The Morgan fingerprint density at radius 3 is 2.10 bits per heavy atom. The predicted octanol–water partition coefficient (Wildman–Crippen LogP) is 9.48. The van der Waals surface area contributed by atoms with Crippen molar-refractivity contribution in [1.29, 1.82) is 0 Å². The molecule has 1 unspecified atom stereocenters. The Balaban J connectivity index is 2.10. The van der Waals surface area contributed by atoms with E-state index in [2.05, 4.69) is 115 Å². The zero-order valence-corrected chi connectivity index (χ0v) is 25.4. The standard InChI is InChI=1S/C37H46N2/c1-10-12-16-37(11-2)23-38-22-33(34-27(6)14-13-15-28(34)7)39-36(31-19-24(3)17-25(4)20-31)30(9)32-21-26(5)18-29(8)35(32)37/h13-15,17-22,38H,9-12,16,23H2,1-8H3/b33-22-,39-36?. The van der Waals surface area contributed by atoms with E-state index in [0.29, 0.717) is 0 Å². The van der Waals surface area contributed by atoms with Crippen LogP contribution in [0.2, 0.25) is 0 Å². The van der Waals surface area contributed by atoms with Crippen LogP contribution in [0.15, 0.2) is 66.3 Å². The van der Waals surface area contributed by atoms with Crippen LogP contribution in [0.4, 0.5) is 0 Å². The lowest BCUT2D eigenvalue weighted by Gasteiger charge is -2.38. The Morgan fingerprint density at radius 2 is 1.49 bits per heavy atom. The molecule has 1 N–H and O–H groups in total. The van der Waals surface area contributed by atoms with Crippen LogP contribution in [-0.2, 0) is 5.41 Å². The first kappa shape index (κ1) is 28.6. The zero-order valence-electron chi connectivity index (χ0n) is 25.4. The summed E-state index contributed by atoms with van der Waals surface area (Å²) in [5.74, 6) is 0. The summed E-state index contributed by atoms with van der Waals surface area (Å²) in [6.07, 6.45) is 6.74. The van der Waals surface area contributed by atoms with Crippen LogP contribution in [0.3, 0.4) is 0 Å². The van der Waals surface area contributed by atoms with Gasteiger partial charge in [-0.25, -0.2) is 4.99 Å². The van der Waals surface area contributed by atoms with Crippen molar-refractivity contribution in [1.82, 2.24) is 5.32 Å². The van der Waals surface area contributed by atoms with Crippen molar-refractivity contribution in [3.8, 4) is 0 Å². The lowest BCUT2D eigenvalue weighted by Crippen LogP contribution is -2.38. The van der Waals surface area contributed by atoms with E-state index in [4.69, 9.17) is 11.6 Å². The third-order valence-corrected chi connectivity index (χ3v) is 8.45. The number of rotatable bonds is 6. The fourth-order valence-electron chi connectivity index (χ4n) is 6.59. The fraction of sp³-hybridized carbons (Fsp3) is 0.378. The van der Waals surface area contributed by atoms with Crippen LogP contribution in [0.5, 0.6) is 0 Å². The van der Waals surface area contributed by atoms with Gasteiger partial charge in [0.25, 0.3) is 0 Å². The first-order valence-electron chi connectivity index (χ1n) is 14.6. The van der Waals surface area contributed by atoms with E-state index in [9.17, 15) is 0 Å². The number of nitrogens with one attached hydrogen (secondary N) is 1. The highest BCUT2D eigenvalue weighted by Gasteiger charge is 2.35. The number of hydrogen-bond acceptors (Lipinski definition) is 2. The molecule has 3 aromatic rings. The van der Waals surface area contributed by atoms with E-state index in [1.807, 2.05) is 0 Å². The van der Waals surface area contributed by atoms with Crippen LogP contribution in [-0.4, -0.2) is 12.3 Å². The van der Waals surface area contributed by atoms with Crippen LogP contribution < -0.4 is 5.32 Å². The molecule has 0 amide bonds. The molecule has 0 aromatic heterocycles. The smallest absolute Gasteiger partial charge is 0.0871 e. The Hall–Kier alpha value is -3.39. The number of fused-ring (bicyclic) bond motifs is 1. The molecule has 1 heterocycles. The molecule has 0 aliphatic carbocycles. The largest absolute Gasteiger partial charge is 0.388 e. The van der Waals surface area contributed by atoms with E-state index in [1.54, 1.807) is 0 Å². The molecule has 3 aromatic carbocycles. The van der Waals surface area contributed by atoms with Crippen molar-refractivity contribution in [2.75, 3.05) is 6.54 Å². The maximum absolute atomic E-state index is 5.47. The van der Waals surface area contributed by atoms with Gasteiger partial charge in [-0.1, -0.05) is 86.4 Å². The van der Waals surface area contributed by atoms with Gasteiger partial charge in [-0.05, 0) is 94.3 Å². The number of unbranched alkanes of at least 4 members (excludes halogenated alkanes) is 1. The molecule has 1 aliphatic heterocycles. The molecule has 204 valence electrons. The van der Waals surface area contributed by atoms with Gasteiger partial charge in [0.15, 0.2) is 0 Å². The van der Waals surface area contributed by atoms with Crippen LogP contribution in [0.1, 0.15) is 95.2 Å². The Bertz CT molecular complexity index is 1410. The SMILES string of the molecule is C=C1C(c2cc(C)cc(C)c2)=N/C(c2c(C)cccc2C)=C\NCC(CC)(CCCC)c2c(C)cc(C)cc21. The first-order valence-corrected chi connectivity index (χ1v) is 14.6. The topological polar surface area (TPSA) is 24.4 Å². The van der Waals surface area contributed by atoms with E-state index in [-0.39, 0.29) is 5.41 Å². The van der Waals surface area contributed by atoms with Crippen molar-refractivity contribution in [2.45, 2.75) is 86.5 Å². The minimum atomic E-state index is -0.000570. The maximum atomic E-state index is 5.47. The number of aliphatic imine (C=N–C) groups is 1. The number of allylic oxidation sites excluding steroid dienone is 1. The van der Waals surface area contributed by atoms with Crippen LogP contribution >= 0.6 is 0 Å². The van der Waals surface area contributed by atoms with Gasteiger partial charge in [0.2, 0.25) is 0 Å². The van der Waals surface area contributed by atoms with Gasteiger partial charge in [0, 0.05) is 34.9 Å². The summed E-state index contributed by atoms with van der Waals surface area (Å²) in [6.45, 7) is 23.5. The first-order chi connectivity index (χ1) is 18.6. The average Bonchev–Trinajstić information content (AvgIpc) is 2.87. The van der Waals surface area contributed by atoms with Crippen LogP contribution in [0, 0.1) is 41.5 Å². The Labute approximate surface area is 237 Å². The summed E-state index contributed by atoms with van der Waals surface area (Å²) in [5, 5.41) is 3.80. The van der Waals surface area contributed by atoms with Crippen molar-refractivity contribution in [2.24, 2.45) is 4.99 Å². The third-order valence-electron chi connectivity index (χ3n) is 8.45. The highest BCUT2D eigenvalue weighted by molar-refractivity contribution is 6.32. The fourth-order valence-corrected chi connectivity index (χ4v) is 6.59. The Morgan fingerprint density at radius 1 is 0.846 bits per heavy atom. The van der Waals surface area contributed by atoms with E-state index in [1.165, 1.54) is 62.9 Å². The zero-order chi connectivity index (χ0) is 28.3. The van der Waals surface area contributed by atoms with E-state index in [0.717, 1.165) is 41.9 Å². The highest BCUT2D eigenvalue weighted by Crippen LogP contribution is 2.42. The van der Waals surface area contributed by atoms with Gasteiger partial charge in [0.05, 0.1) is 11.4 Å². The summed E-state index contributed by atoms with van der Waals surface area (Å²) in [7, 11) is 0. The molecule has 1 aliphatic rings. The molecule has 0 saturated heterocycles. The van der Waals surface area contributed by atoms with Gasteiger partial charge in [-0.2, -0.15) is 0 Å². The van der Waals surface area contributed by atoms with Crippen molar-refractivity contribution >= 4 is 17.0 Å². The molecule has 4 rings (SSSR count). The molecule has 0 spiro atoms. The molecule has 2 nitrogen and oxygen atoms in total. The normalized spacial score (nSPS) is 19.0. The molecular weight excluding hydrogens is 472 g/mol. The lowest BCUT2D eigenvalue weighted by molar-refractivity contribution is 0.356. The summed E-state index contributed by atoms with van der Waals surface area (Å²) in [4.78, 5) is 5.47. The van der Waals surface area contributed by atoms with Crippen molar-refractivity contribution in [3.05, 3.63) is 117 Å². The predicted molar refractivity (Wildman–Crippen MR) is 171 cm³/mol. The van der Waals surface area contributed by atoms with Crippen LogP contribution in [0.25, 0.3) is 11.3 Å².